The molecule has 7 nitrogen and oxygen atoms in total. The van der Waals surface area contributed by atoms with Crippen molar-refractivity contribution in [3.05, 3.63) is 11.6 Å². The van der Waals surface area contributed by atoms with Crippen LogP contribution in [0.5, 0.6) is 0 Å². The van der Waals surface area contributed by atoms with E-state index in [-0.39, 0.29) is 12.1 Å². The number of methoxy groups -OCH3 is 1. The number of fused-ring (bicyclic) bond motifs is 1. The molecule has 2 heterocycles. The number of rotatable bonds is 6. The van der Waals surface area contributed by atoms with Gasteiger partial charge in [-0.25, -0.2) is 14.5 Å². The highest BCUT2D eigenvalue weighted by atomic mass is 16.5. The van der Waals surface area contributed by atoms with Crippen LogP contribution in [0.25, 0.3) is 0 Å². The molecule has 0 radical (unpaired) electrons. The van der Waals surface area contributed by atoms with E-state index in [0.29, 0.717) is 18.5 Å². The third-order valence-corrected chi connectivity index (χ3v) is 5.38. The second-order valence-corrected chi connectivity index (χ2v) is 7.36. The largest absolute Gasteiger partial charge is 0.377 e. The third-order valence-electron chi connectivity index (χ3n) is 5.38. The number of hydrogen-bond acceptors (Lipinski definition) is 4. The Bertz CT molecular complexity index is 566. The maximum absolute atomic E-state index is 12.4. The first-order valence-corrected chi connectivity index (χ1v) is 9.69. The molecule has 140 valence electrons. The minimum absolute atomic E-state index is 0.0664. The van der Waals surface area contributed by atoms with Crippen molar-refractivity contribution < 1.29 is 9.53 Å². The molecule has 0 aromatic carbocycles. The van der Waals surface area contributed by atoms with Crippen molar-refractivity contribution in [2.24, 2.45) is 5.92 Å². The molecule has 2 aliphatic rings. The number of amides is 2. The van der Waals surface area contributed by atoms with E-state index in [4.69, 9.17) is 4.74 Å². The van der Waals surface area contributed by atoms with E-state index in [0.717, 1.165) is 44.0 Å². The first kappa shape index (κ1) is 18.2. The first-order valence-electron chi connectivity index (χ1n) is 9.69. The third kappa shape index (κ3) is 4.71. The lowest BCUT2D eigenvalue weighted by Gasteiger charge is -2.30. The molecule has 1 saturated carbocycles. The Hall–Kier alpha value is -1.63. The van der Waals surface area contributed by atoms with Gasteiger partial charge in [-0.3, -0.25) is 0 Å². The molecule has 0 spiro atoms. The average molecular weight is 349 g/mol. The van der Waals surface area contributed by atoms with E-state index in [1.54, 1.807) is 7.11 Å². The van der Waals surface area contributed by atoms with Crippen LogP contribution in [0.4, 0.5) is 4.79 Å². The predicted octanol–water partition coefficient (Wildman–Crippen LogP) is 2.92. The van der Waals surface area contributed by atoms with Crippen LogP contribution >= 0.6 is 0 Å². The molecule has 1 aliphatic heterocycles. The summed E-state index contributed by atoms with van der Waals surface area (Å²) in [5, 5.41) is 10.7. The summed E-state index contributed by atoms with van der Waals surface area (Å²) in [4.78, 5) is 17.0. The molecular weight excluding hydrogens is 318 g/mol. The van der Waals surface area contributed by atoms with Crippen molar-refractivity contribution in [2.75, 3.05) is 7.11 Å². The van der Waals surface area contributed by atoms with Gasteiger partial charge in [0.25, 0.3) is 0 Å². The maximum Gasteiger partial charge on any atom is 0.315 e. The lowest BCUT2D eigenvalue weighted by atomic mass is 9.83. The smallest absolute Gasteiger partial charge is 0.315 e. The number of aryl methyl sites for hydroxylation is 1. The van der Waals surface area contributed by atoms with Crippen molar-refractivity contribution in [3.8, 4) is 0 Å². The number of aromatic nitrogens is 3. The van der Waals surface area contributed by atoms with Crippen molar-refractivity contribution >= 4 is 6.03 Å². The number of hydrogen-bond donors (Lipinski definition) is 2. The van der Waals surface area contributed by atoms with E-state index in [9.17, 15) is 4.79 Å². The van der Waals surface area contributed by atoms with Crippen molar-refractivity contribution in [3.63, 3.8) is 0 Å². The highest BCUT2D eigenvalue weighted by Crippen LogP contribution is 2.28. The molecule has 1 unspecified atom stereocenters. The zero-order valence-electron chi connectivity index (χ0n) is 15.5. The van der Waals surface area contributed by atoms with Crippen LogP contribution < -0.4 is 10.6 Å². The molecule has 1 atom stereocenters. The average Bonchev–Trinajstić information content (AvgIpc) is 3.01. The van der Waals surface area contributed by atoms with Gasteiger partial charge in [-0.15, -0.1) is 0 Å². The summed E-state index contributed by atoms with van der Waals surface area (Å²) in [6, 6.07) is 0.163. The fraction of sp³-hybridized carbons (Fsp3) is 0.833. The fourth-order valence-corrected chi connectivity index (χ4v) is 4.12. The van der Waals surface area contributed by atoms with Gasteiger partial charge in [-0.05, 0) is 44.4 Å². The van der Waals surface area contributed by atoms with Crippen LogP contribution in [0.2, 0.25) is 0 Å². The van der Waals surface area contributed by atoms with Crippen molar-refractivity contribution in [1.29, 1.82) is 0 Å². The number of carbonyl (C=O) groups excluding carboxylic acids is 1. The lowest BCUT2D eigenvalue weighted by molar-refractivity contribution is 0.177. The SMILES string of the molecule is CCCC1CCC(NC(=O)NC2CCCn3nc(COC)nc32)CC1. The van der Waals surface area contributed by atoms with E-state index in [1.165, 1.54) is 25.7 Å². The zero-order chi connectivity index (χ0) is 17.6. The number of nitrogens with zero attached hydrogens (tertiary/aromatic N) is 3. The number of urea groups is 1. The van der Waals surface area contributed by atoms with Gasteiger partial charge in [0, 0.05) is 19.7 Å². The van der Waals surface area contributed by atoms with Gasteiger partial charge < -0.3 is 15.4 Å². The van der Waals surface area contributed by atoms with Gasteiger partial charge in [-0.1, -0.05) is 19.8 Å². The van der Waals surface area contributed by atoms with E-state index < -0.39 is 0 Å². The lowest BCUT2D eigenvalue weighted by Crippen LogP contribution is -2.45. The molecule has 0 saturated heterocycles. The van der Waals surface area contributed by atoms with Crippen LogP contribution in [-0.2, 0) is 17.9 Å². The van der Waals surface area contributed by atoms with Crippen LogP contribution in [0.3, 0.4) is 0 Å². The molecule has 1 aromatic rings. The topological polar surface area (TPSA) is 81.1 Å². The number of carbonyl (C=O) groups is 1. The molecule has 3 rings (SSSR count). The monoisotopic (exact) mass is 349 g/mol. The molecule has 2 N–H and O–H groups in total. The van der Waals surface area contributed by atoms with E-state index >= 15 is 0 Å². The first-order chi connectivity index (χ1) is 12.2. The Balaban J connectivity index is 1.51. The highest BCUT2D eigenvalue weighted by molar-refractivity contribution is 5.74. The molecular formula is C18H31N5O2. The van der Waals surface area contributed by atoms with E-state index in [1.807, 2.05) is 4.68 Å². The number of nitrogens with one attached hydrogen (secondary N) is 2. The Morgan fingerprint density at radius 3 is 2.76 bits per heavy atom. The molecule has 2 amide bonds. The fourth-order valence-electron chi connectivity index (χ4n) is 4.12. The maximum atomic E-state index is 12.4. The molecule has 1 fully saturated rings. The summed E-state index contributed by atoms with van der Waals surface area (Å²) in [5.74, 6) is 2.38. The second-order valence-electron chi connectivity index (χ2n) is 7.36. The second kappa shape index (κ2) is 8.65. The Labute approximate surface area is 149 Å². The molecule has 25 heavy (non-hydrogen) atoms. The Morgan fingerprint density at radius 2 is 2.04 bits per heavy atom. The minimum atomic E-state index is -0.0753. The van der Waals surface area contributed by atoms with Crippen LogP contribution in [0.1, 0.15) is 76.0 Å². The van der Waals surface area contributed by atoms with Gasteiger partial charge in [0.15, 0.2) is 5.82 Å². The minimum Gasteiger partial charge on any atom is -0.377 e. The summed E-state index contributed by atoms with van der Waals surface area (Å²) < 4.78 is 7.01. The van der Waals surface area contributed by atoms with Crippen molar-refractivity contribution in [2.45, 2.75) is 83.5 Å². The van der Waals surface area contributed by atoms with Gasteiger partial charge in [0.2, 0.25) is 0 Å². The van der Waals surface area contributed by atoms with Gasteiger partial charge >= 0.3 is 6.03 Å². The molecule has 1 aliphatic carbocycles. The normalized spacial score (nSPS) is 26.1. The molecule has 7 heteroatoms. The molecule has 1 aromatic heterocycles. The summed E-state index contributed by atoms with van der Waals surface area (Å²) in [6.45, 7) is 3.51. The van der Waals surface area contributed by atoms with Gasteiger partial charge in [-0.2, -0.15) is 5.10 Å². The Morgan fingerprint density at radius 1 is 1.24 bits per heavy atom. The van der Waals surface area contributed by atoms with Gasteiger partial charge in [0.1, 0.15) is 12.4 Å². The highest BCUT2D eigenvalue weighted by Gasteiger charge is 2.27. The van der Waals surface area contributed by atoms with Crippen LogP contribution in [-0.4, -0.2) is 33.9 Å². The summed E-state index contributed by atoms with van der Waals surface area (Å²) in [7, 11) is 1.64. The van der Waals surface area contributed by atoms with Crippen molar-refractivity contribution in [1.82, 2.24) is 25.4 Å². The standard InChI is InChI=1S/C18H31N5O2/c1-3-5-13-7-9-14(10-8-13)19-18(24)20-15-6-4-11-23-17(15)21-16(22-23)12-25-2/h13-15H,3-12H2,1-2H3,(H2,19,20,24). The van der Waals surface area contributed by atoms with E-state index in [2.05, 4.69) is 27.6 Å². The van der Waals surface area contributed by atoms with Crippen LogP contribution in [0.15, 0.2) is 0 Å². The summed E-state index contributed by atoms with van der Waals surface area (Å²) >= 11 is 0. The summed E-state index contributed by atoms with van der Waals surface area (Å²) in [6.07, 6.45) is 9.14. The Kier molecular flexibility index (Phi) is 6.29. The number of ether oxygens (including phenoxy) is 1. The zero-order valence-corrected chi connectivity index (χ0v) is 15.5. The van der Waals surface area contributed by atoms with Crippen LogP contribution in [0, 0.1) is 5.92 Å². The predicted molar refractivity (Wildman–Crippen MR) is 95.0 cm³/mol. The van der Waals surface area contributed by atoms with Gasteiger partial charge in [0.05, 0.1) is 6.04 Å². The molecule has 0 bridgehead atoms. The summed E-state index contributed by atoms with van der Waals surface area (Å²) in [5.41, 5.74) is 0. The quantitative estimate of drug-likeness (QED) is 0.827.